The fourth-order valence-corrected chi connectivity index (χ4v) is 1.59. The highest BCUT2D eigenvalue weighted by Crippen LogP contribution is 2.23. The molecule has 2 amide bonds. The van der Waals surface area contributed by atoms with E-state index in [9.17, 15) is 4.79 Å². The molecule has 1 saturated heterocycles. The molecule has 0 aromatic heterocycles. The molecule has 0 unspecified atom stereocenters. The van der Waals surface area contributed by atoms with Gasteiger partial charge < -0.3 is 15.4 Å². The van der Waals surface area contributed by atoms with Gasteiger partial charge in [-0.3, -0.25) is 4.90 Å². The van der Waals surface area contributed by atoms with E-state index in [0.29, 0.717) is 6.54 Å². The van der Waals surface area contributed by atoms with Gasteiger partial charge in [-0.15, -0.1) is 0 Å². The van der Waals surface area contributed by atoms with Gasteiger partial charge in [0.15, 0.2) is 0 Å². The molecule has 5 nitrogen and oxygen atoms in total. The first-order valence-corrected chi connectivity index (χ1v) is 6.91. The third kappa shape index (κ3) is 6.59. The van der Waals surface area contributed by atoms with E-state index in [0.717, 1.165) is 38.4 Å². The fourth-order valence-electron chi connectivity index (χ4n) is 1.59. The maximum Gasteiger partial charge on any atom is 0.318 e. The predicted molar refractivity (Wildman–Crippen MR) is 77.0 cm³/mol. The third-order valence-corrected chi connectivity index (χ3v) is 3.42. The molecule has 2 N–H and O–H groups in total. The van der Waals surface area contributed by atoms with Gasteiger partial charge in [-0.2, -0.15) is 0 Å². The number of morpholine rings is 1. The van der Waals surface area contributed by atoms with Crippen LogP contribution in [0, 0.1) is 5.41 Å². The molecule has 110 valence electrons. The van der Waals surface area contributed by atoms with E-state index >= 15 is 0 Å². The summed E-state index contributed by atoms with van der Waals surface area (Å²) in [6, 6.07) is -0.142. The molecular weight excluding hydrogens is 242 g/mol. The van der Waals surface area contributed by atoms with Crippen LogP contribution in [-0.4, -0.2) is 50.3 Å². The molecule has 0 radical (unpaired) electrons. The summed E-state index contributed by atoms with van der Waals surface area (Å²) >= 11 is 0. The molecule has 0 aromatic carbocycles. The fraction of sp³-hybridized carbons (Fsp3) is 0.786. The highest BCUT2D eigenvalue weighted by atomic mass is 16.5. The summed E-state index contributed by atoms with van der Waals surface area (Å²) in [5, 5.41) is 5.63. The van der Waals surface area contributed by atoms with Gasteiger partial charge in [-0.1, -0.05) is 26.3 Å². The van der Waals surface area contributed by atoms with Gasteiger partial charge in [0.1, 0.15) is 0 Å². The standard InChI is InChI=1S/C14H27N3O2/c1-12(14(2,3)4)11-16-13(18)15-5-6-17-7-9-19-10-8-17/h11H,5-10H2,1-4H3,(H2,15,16,18)/b12-11+. The SMILES string of the molecule is C/C(=C\NC(=O)NCCN1CCOCC1)C(C)(C)C. The molecule has 19 heavy (non-hydrogen) atoms. The van der Waals surface area contributed by atoms with Crippen molar-refractivity contribution in [2.45, 2.75) is 27.7 Å². The topological polar surface area (TPSA) is 53.6 Å². The maximum atomic E-state index is 11.6. The Kier molecular flexibility index (Phi) is 6.31. The van der Waals surface area contributed by atoms with Crippen molar-refractivity contribution in [1.82, 2.24) is 15.5 Å². The monoisotopic (exact) mass is 269 g/mol. The number of amides is 2. The Morgan fingerprint density at radius 1 is 1.32 bits per heavy atom. The van der Waals surface area contributed by atoms with Gasteiger partial charge in [0.25, 0.3) is 0 Å². The molecular formula is C14H27N3O2. The van der Waals surface area contributed by atoms with E-state index in [1.807, 2.05) is 6.92 Å². The van der Waals surface area contributed by atoms with Gasteiger partial charge in [0, 0.05) is 32.4 Å². The first-order valence-electron chi connectivity index (χ1n) is 6.91. The van der Waals surface area contributed by atoms with Crippen LogP contribution >= 0.6 is 0 Å². The number of hydrogen-bond donors (Lipinski definition) is 2. The molecule has 0 saturated carbocycles. The largest absolute Gasteiger partial charge is 0.379 e. The summed E-state index contributed by atoms with van der Waals surface area (Å²) in [5.41, 5.74) is 1.23. The van der Waals surface area contributed by atoms with Crippen LogP contribution in [0.1, 0.15) is 27.7 Å². The summed E-state index contributed by atoms with van der Waals surface area (Å²) in [6.07, 6.45) is 1.78. The first-order chi connectivity index (χ1) is 8.89. The maximum absolute atomic E-state index is 11.6. The average Bonchev–Trinajstić information content (AvgIpc) is 2.36. The number of urea groups is 1. The number of rotatable bonds is 4. The molecule has 1 aliphatic rings. The zero-order valence-electron chi connectivity index (χ0n) is 12.6. The summed E-state index contributed by atoms with van der Waals surface area (Å²) in [6.45, 7) is 13.4. The minimum Gasteiger partial charge on any atom is -0.379 e. The normalized spacial score (nSPS) is 18.2. The minimum absolute atomic E-state index is 0.0844. The van der Waals surface area contributed by atoms with Crippen molar-refractivity contribution in [3.8, 4) is 0 Å². The summed E-state index contributed by atoms with van der Waals surface area (Å²) in [5.74, 6) is 0. The molecule has 0 spiro atoms. The molecule has 1 rings (SSSR count). The van der Waals surface area contributed by atoms with Crippen molar-refractivity contribution < 1.29 is 9.53 Å². The molecule has 0 aromatic rings. The molecule has 0 aliphatic carbocycles. The number of nitrogens with one attached hydrogen (secondary N) is 2. The first kappa shape index (κ1) is 16.0. The second-order valence-electron chi connectivity index (χ2n) is 5.93. The van der Waals surface area contributed by atoms with Crippen molar-refractivity contribution in [1.29, 1.82) is 0 Å². The van der Waals surface area contributed by atoms with Gasteiger partial charge in [-0.05, 0) is 12.3 Å². The van der Waals surface area contributed by atoms with E-state index in [-0.39, 0.29) is 11.4 Å². The number of ether oxygens (including phenoxy) is 1. The Bertz CT molecular complexity index is 315. The lowest BCUT2D eigenvalue weighted by Gasteiger charge is -2.26. The number of allylic oxidation sites excluding steroid dienone is 1. The van der Waals surface area contributed by atoms with Crippen LogP contribution in [-0.2, 0) is 4.74 Å². The third-order valence-electron chi connectivity index (χ3n) is 3.42. The highest BCUT2D eigenvalue weighted by Gasteiger charge is 2.13. The Labute approximate surface area is 116 Å². The molecule has 1 heterocycles. The van der Waals surface area contributed by atoms with Crippen molar-refractivity contribution in [2.75, 3.05) is 39.4 Å². The number of hydrogen-bond acceptors (Lipinski definition) is 3. The zero-order valence-corrected chi connectivity index (χ0v) is 12.6. The Balaban J connectivity index is 2.17. The molecule has 0 bridgehead atoms. The lowest BCUT2D eigenvalue weighted by atomic mass is 9.88. The van der Waals surface area contributed by atoms with E-state index in [1.54, 1.807) is 6.20 Å². The quantitative estimate of drug-likeness (QED) is 0.814. The van der Waals surface area contributed by atoms with Crippen LogP contribution in [0.15, 0.2) is 11.8 Å². The van der Waals surface area contributed by atoms with E-state index < -0.39 is 0 Å². The van der Waals surface area contributed by atoms with Gasteiger partial charge in [0.05, 0.1) is 13.2 Å². The van der Waals surface area contributed by atoms with Gasteiger partial charge in [0.2, 0.25) is 0 Å². The number of carbonyl (C=O) groups excluding carboxylic acids is 1. The highest BCUT2D eigenvalue weighted by molar-refractivity contribution is 5.74. The second-order valence-corrected chi connectivity index (χ2v) is 5.93. The number of carbonyl (C=O) groups is 1. The minimum atomic E-state index is -0.142. The van der Waals surface area contributed by atoms with Crippen molar-refractivity contribution in [2.24, 2.45) is 5.41 Å². The predicted octanol–water partition coefficient (Wildman–Crippen LogP) is 1.57. The lowest BCUT2D eigenvalue weighted by Crippen LogP contribution is -2.43. The Hall–Kier alpha value is -1.07. The van der Waals surface area contributed by atoms with Crippen LogP contribution in [0.5, 0.6) is 0 Å². The molecule has 0 atom stereocenters. The van der Waals surface area contributed by atoms with Crippen LogP contribution < -0.4 is 10.6 Å². The van der Waals surface area contributed by atoms with E-state index in [4.69, 9.17) is 4.74 Å². The Morgan fingerprint density at radius 3 is 2.53 bits per heavy atom. The molecule has 1 fully saturated rings. The smallest absolute Gasteiger partial charge is 0.318 e. The molecule has 1 aliphatic heterocycles. The second kappa shape index (κ2) is 7.50. The van der Waals surface area contributed by atoms with Gasteiger partial charge in [-0.25, -0.2) is 4.79 Å². The van der Waals surface area contributed by atoms with Crippen LogP contribution in [0.4, 0.5) is 4.79 Å². The lowest BCUT2D eigenvalue weighted by molar-refractivity contribution is 0.0387. The van der Waals surface area contributed by atoms with Crippen LogP contribution in [0.25, 0.3) is 0 Å². The number of nitrogens with zero attached hydrogens (tertiary/aromatic N) is 1. The Morgan fingerprint density at radius 2 is 1.95 bits per heavy atom. The van der Waals surface area contributed by atoms with Crippen LogP contribution in [0.3, 0.4) is 0 Å². The van der Waals surface area contributed by atoms with E-state index in [2.05, 4.69) is 36.3 Å². The van der Waals surface area contributed by atoms with Crippen molar-refractivity contribution in [3.05, 3.63) is 11.8 Å². The summed E-state index contributed by atoms with van der Waals surface area (Å²) < 4.78 is 5.27. The van der Waals surface area contributed by atoms with Crippen LogP contribution in [0.2, 0.25) is 0 Å². The van der Waals surface area contributed by atoms with Crippen molar-refractivity contribution >= 4 is 6.03 Å². The summed E-state index contributed by atoms with van der Waals surface area (Å²) in [4.78, 5) is 13.9. The van der Waals surface area contributed by atoms with Gasteiger partial charge >= 0.3 is 6.03 Å². The van der Waals surface area contributed by atoms with E-state index in [1.165, 1.54) is 0 Å². The average molecular weight is 269 g/mol. The molecule has 5 heteroatoms. The van der Waals surface area contributed by atoms with Crippen molar-refractivity contribution in [3.63, 3.8) is 0 Å². The summed E-state index contributed by atoms with van der Waals surface area (Å²) in [7, 11) is 0. The zero-order chi connectivity index (χ0) is 14.3.